The van der Waals surface area contributed by atoms with Crippen LogP contribution in [0.15, 0.2) is 24.3 Å². The first-order chi connectivity index (χ1) is 10.1. The highest BCUT2D eigenvalue weighted by Crippen LogP contribution is 2.31. The van der Waals surface area contributed by atoms with Crippen molar-refractivity contribution >= 4 is 5.91 Å². The molecule has 1 aromatic carbocycles. The van der Waals surface area contributed by atoms with Gasteiger partial charge in [-0.2, -0.15) is 0 Å². The van der Waals surface area contributed by atoms with Crippen molar-refractivity contribution in [2.75, 3.05) is 26.7 Å². The lowest BCUT2D eigenvalue weighted by atomic mass is 9.90. The Morgan fingerprint density at radius 1 is 1.29 bits per heavy atom. The van der Waals surface area contributed by atoms with Gasteiger partial charge in [0.1, 0.15) is 6.61 Å². The molecule has 0 spiro atoms. The van der Waals surface area contributed by atoms with Crippen LogP contribution in [0.25, 0.3) is 0 Å². The fraction of sp³-hybridized carbons (Fsp3) is 0.562. The number of nitrogens with one attached hydrogen (secondary N) is 1. The van der Waals surface area contributed by atoms with Gasteiger partial charge in [0.25, 0.3) is 5.91 Å². The molecule has 21 heavy (non-hydrogen) atoms. The first-order valence-electron chi connectivity index (χ1n) is 7.47. The van der Waals surface area contributed by atoms with Crippen LogP contribution in [0.1, 0.15) is 19.8 Å². The van der Waals surface area contributed by atoms with Crippen LogP contribution in [-0.4, -0.2) is 49.2 Å². The fourth-order valence-electron chi connectivity index (χ4n) is 2.82. The van der Waals surface area contributed by atoms with Crippen LogP contribution in [0.2, 0.25) is 0 Å². The average molecular weight is 290 g/mol. The molecule has 0 saturated carbocycles. The van der Waals surface area contributed by atoms with Gasteiger partial charge in [0.15, 0.2) is 11.5 Å². The zero-order valence-corrected chi connectivity index (χ0v) is 12.6. The molecule has 1 atom stereocenters. The Kier molecular flexibility index (Phi) is 3.76. The van der Waals surface area contributed by atoms with E-state index in [0.29, 0.717) is 11.5 Å². The number of hydrogen-bond donors (Lipinski definition) is 1. The normalized spacial score (nSPS) is 23.7. The molecule has 0 aromatic heterocycles. The maximum atomic E-state index is 12.6. The first-order valence-corrected chi connectivity index (χ1v) is 7.47. The van der Waals surface area contributed by atoms with Gasteiger partial charge in [0.05, 0.1) is 0 Å². The van der Waals surface area contributed by atoms with E-state index in [2.05, 4.69) is 12.2 Å². The van der Waals surface area contributed by atoms with Crippen molar-refractivity contribution in [1.29, 1.82) is 0 Å². The summed E-state index contributed by atoms with van der Waals surface area (Å²) in [6.45, 7) is 4.01. The molecule has 2 aliphatic heterocycles. The summed E-state index contributed by atoms with van der Waals surface area (Å²) < 4.78 is 11.4. The molecule has 1 N–H and O–H groups in total. The predicted octanol–water partition coefficient (Wildman–Crippen LogP) is 1.43. The van der Waals surface area contributed by atoms with Gasteiger partial charge in [0.2, 0.25) is 6.10 Å². The molecule has 1 unspecified atom stereocenters. The molecule has 3 rings (SSSR count). The van der Waals surface area contributed by atoms with Gasteiger partial charge in [-0.3, -0.25) is 4.79 Å². The second-order valence-corrected chi connectivity index (χ2v) is 6.00. The Balaban J connectivity index is 1.63. The highest BCUT2D eigenvalue weighted by Gasteiger charge is 2.35. The van der Waals surface area contributed by atoms with Gasteiger partial charge < -0.3 is 19.7 Å². The summed E-state index contributed by atoms with van der Waals surface area (Å²) >= 11 is 0. The van der Waals surface area contributed by atoms with Gasteiger partial charge in [-0.05, 0) is 38.9 Å². The molecule has 1 amide bonds. The fourth-order valence-corrected chi connectivity index (χ4v) is 2.82. The van der Waals surface area contributed by atoms with E-state index in [4.69, 9.17) is 9.47 Å². The minimum atomic E-state index is -0.529. The van der Waals surface area contributed by atoms with Crippen molar-refractivity contribution in [3.05, 3.63) is 24.3 Å². The van der Waals surface area contributed by atoms with Crippen LogP contribution in [0.4, 0.5) is 0 Å². The molecule has 0 aliphatic carbocycles. The summed E-state index contributed by atoms with van der Waals surface area (Å²) in [5.41, 5.74) is 0.132. The summed E-state index contributed by atoms with van der Waals surface area (Å²) in [4.78, 5) is 14.5. The minimum absolute atomic E-state index is 0.0302. The van der Waals surface area contributed by atoms with Gasteiger partial charge in [0, 0.05) is 18.6 Å². The highest BCUT2D eigenvalue weighted by atomic mass is 16.6. The number of para-hydroxylation sites is 2. The number of carbonyl (C=O) groups is 1. The van der Waals surface area contributed by atoms with Crippen molar-refractivity contribution in [1.82, 2.24) is 10.2 Å². The molecule has 1 saturated heterocycles. The largest absolute Gasteiger partial charge is 0.485 e. The number of ether oxygens (including phenoxy) is 2. The number of likely N-dealkylation sites (tertiary alicyclic amines) is 1. The Hall–Kier alpha value is -1.75. The standard InChI is InChI=1S/C16H22N2O3/c1-16(17-2)7-9-18(10-8-16)15(19)14-11-20-12-5-3-4-6-13(12)21-14/h3-6,14,17H,7-11H2,1-2H3. The lowest BCUT2D eigenvalue weighted by Crippen LogP contribution is -2.55. The van der Waals surface area contributed by atoms with E-state index in [0.717, 1.165) is 25.9 Å². The average Bonchev–Trinajstić information content (AvgIpc) is 2.54. The van der Waals surface area contributed by atoms with Crippen molar-refractivity contribution in [3.63, 3.8) is 0 Å². The van der Waals surface area contributed by atoms with Crippen LogP contribution in [0.5, 0.6) is 11.5 Å². The zero-order chi connectivity index (χ0) is 14.9. The molecule has 0 radical (unpaired) electrons. The second-order valence-electron chi connectivity index (χ2n) is 6.00. The molecule has 5 heteroatoms. The molecule has 1 fully saturated rings. The number of piperidine rings is 1. The van der Waals surface area contributed by atoms with Crippen molar-refractivity contribution in [2.24, 2.45) is 0 Å². The Bertz CT molecular complexity index is 524. The van der Waals surface area contributed by atoms with Gasteiger partial charge >= 0.3 is 0 Å². The molecular weight excluding hydrogens is 268 g/mol. The molecule has 0 bridgehead atoms. The van der Waals surface area contributed by atoms with Crippen molar-refractivity contribution in [3.8, 4) is 11.5 Å². The Labute approximate surface area is 125 Å². The topological polar surface area (TPSA) is 50.8 Å². The molecule has 2 heterocycles. The predicted molar refractivity (Wildman–Crippen MR) is 79.6 cm³/mol. The maximum Gasteiger partial charge on any atom is 0.267 e. The van der Waals surface area contributed by atoms with Crippen LogP contribution in [-0.2, 0) is 4.79 Å². The molecule has 2 aliphatic rings. The SMILES string of the molecule is CNC1(C)CCN(C(=O)C2COc3ccccc3O2)CC1. The third kappa shape index (κ3) is 2.83. The van der Waals surface area contributed by atoms with Crippen LogP contribution >= 0.6 is 0 Å². The highest BCUT2D eigenvalue weighted by molar-refractivity contribution is 5.82. The van der Waals surface area contributed by atoms with Crippen molar-refractivity contribution < 1.29 is 14.3 Å². The monoisotopic (exact) mass is 290 g/mol. The van der Waals surface area contributed by atoms with E-state index >= 15 is 0 Å². The number of nitrogens with zero attached hydrogens (tertiary/aromatic N) is 1. The summed E-state index contributed by atoms with van der Waals surface area (Å²) in [7, 11) is 1.98. The van der Waals surface area contributed by atoms with Gasteiger partial charge in [-0.1, -0.05) is 12.1 Å². The summed E-state index contributed by atoms with van der Waals surface area (Å²) in [5, 5.41) is 3.34. The van der Waals surface area contributed by atoms with E-state index < -0.39 is 6.10 Å². The molecular formula is C16H22N2O3. The Morgan fingerprint density at radius 2 is 1.95 bits per heavy atom. The summed E-state index contributed by atoms with van der Waals surface area (Å²) in [5.74, 6) is 1.39. The van der Waals surface area contributed by atoms with E-state index in [-0.39, 0.29) is 18.1 Å². The minimum Gasteiger partial charge on any atom is -0.485 e. The number of rotatable bonds is 2. The van der Waals surface area contributed by atoms with Crippen LogP contribution in [0, 0.1) is 0 Å². The van der Waals surface area contributed by atoms with E-state index in [1.807, 2.05) is 36.2 Å². The number of carbonyl (C=O) groups excluding carboxylic acids is 1. The third-order valence-corrected chi connectivity index (χ3v) is 4.57. The van der Waals surface area contributed by atoms with Crippen LogP contribution < -0.4 is 14.8 Å². The van der Waals surface area contributed by atoms with E-state index in [9.17, 15) is 4.79 Å². The quantitative estimate of drug-likeness (QED) is 0.895. The lowest BCUT2D eigenvalue weighted by molar-refractivity contribution is -0.142. The van der Waals surface area contributed by atoms with Crippen molar-refractivity contribution in [2.45, 2.75) is 31.4 Å². The summed E-state index contributed by atoms with van der Waals surface area (Å²) in [6, 6.07) is 7.47. The number of benzene rings is 1. The maximum absolute atomic E-state index is 12.6. The zero-order valence-electron chi connectivity index (χ0n) is 12.6. The van der Waals surface area contributed by atoms with Gasteiger partial charge in [-0.25, -0.2) is 0 Å². The molecule has 1 aromatic rings. The number of fused-ring (bicyclic) bond motifs is 1. The summed E-state index contributed by atoms with van der Waals surface area (Å²) in [6.07, 6.45) is 1.39. The Morgan fingerprint density at radius 3 is 2.62 bits per heavy atom. The second kappa shape index (κ2) is 5.56. The smallest absolute Gasteiger partial charge is 0.267 e. The number of amides is 1. The van der Waals surface area contributed by atoms with E-state index in [1.165, 1.54) is 0 Å². The first kappa shape index (κ1) is 14.2. The number of hydrogen-bond acceptors (Lipinski definition) is 4. The van der Waals surface area contributed by atoms with Crippen LogP contribution in [0.3, 0.4) is 0 Å². The molecule has 114 valence electrons. The molecule has 5 nitrogen and oxygen atoms in total. The third-order valence-electron chi connectivity index (χ3n) is 4.57. The lowest BCUT2D eigenvalue weighted by Gasteiger charge is -2.40. The van der Waals surface area contributed by atoms with Gasteiger partial charge in [-0.15, -0.1) is 0 Å². The van der Waals surface area contributed by atoms with E-state index in [1.54, 1.807) is 0 Å².